The molecule has 0 unspecified atom stereocenters. The molecule has 0 radical (unpaired) electrons. The summed E-state index contributed by atoms with van der Waals surface area (Å²) in [5.41, 5.74) is 2.65. The fraction of sp³-hybridized carbons (Fsp3) is 0.227. The first kappa shape index (κ1) is 18.4. The van der Waals surface area contributed by atoms with E-state index >= 15 is 0 Å². The SMILES string of the molecule is O=C(Nc1ccc(Cl)cc1)[C@@H]1CCCN(c2ccc(-c3ccccc3)nn2)C1. The molecule has 1 aliphatic heterocycles. The Labute approximate surface area is 169 Å². The van der Waals surface area contributed by atoms with E-state index in [-0.39, 0.29) is 11.8 Å². The molecule has 0 saturated carbocycles. The molecule has 1 fully saturated rings. The molecule has 0 bridgehead atoms. The van der Waals surface area contributed by atoms with Gasteiger partial charge in [-0.25, -0.2) is 0 Å². The maximum Gasteiger partial charge on any atom is 0.229 e. The molecule has 5 nitrogen and oxygen atoms in total. The number of nitrogens with one attached hydrogen (secondary N) is 1. The molecule has 0 spiro atoms. The molecule has 4 rings (SSSR count). The van der Waals surface area contributed by atoms with Gasteiger partial charge in [-0.2, -0.15) is 0 Å². The van der Waals surface area contributed by atoms with Crippen molar-refractivity contribution in [1.29, 1.82) is 0 Å². The molecule has 3 aromatic rings. The zero-order valence-electron chi connectivity index (χ0n) is 15.4. The van der Waals surface area contributed by atoms with Crippen LogP contribution in [0.25, 0.3) is 11.3 Å². The number of hydrogen-bond acceptors (Lipinski definition) is 4. The van der Waals surface area contributed by atoms with Gasteiger partial charge in [0.05, 0.1) is 11.6 Å². The summed E-state index contributed by atoms with van der Waals surface area (Å²) >= 11 is 5.90. The number of rotatable bonds is 4. The van der Waals surface area contributed by atoms with Crippen molar-refractivity contribution in [1.82, 2.24) is 10.2 Å². The predicted molar refractivity (Wildman–Crippen MR) is 112 cm³/mol. The number of nitrogens with zero attached hydrogens (tertiary/aromatic N) is 3. The van der Waals surface area contributed by atoms with Gasteiger partial charge in [0.1, 0.15) is 0 Å². The topological polar surface area (TPSA) is 58.1 Å². The molecular weight excluding hydrogens is 372 g/mol. The Morgan fingerprint density at radius 3 is 2.50 bits per heavy atom. The van der Waals surface area contributed by atoms with Crippen LogP contribution in [0, 0.1) is 5.92 Å². The van der Waals surface area contributed by atoms with Gasteiger partial charge in [0.25, 0.3) is 0 Å². The van der Waals surface area contributed by atoms with Crippen molar-refractivity contribution in [2.75, 3.05) is 23.3 Å². The third-order valence-electron chi connectivity index (χ3n) is 4.95. The second-order valence-electron chi connectivity index (χ2n) is 6.92. The van der Waals surface area contributed by atoms with Crippen molar-refractivity contribution in [3.05, 3.63) is 71.8 Å². The highest BCUT2D eigenvalue weighted by atomic mass is 35.5. The standard InChI is InChI=1S/C22H21ClN4O/c23-18-8-10-19(11-9-18)24-22(28)17-7-4-14-27(15-17)21-13-12-20(25-26-21)16-5-2-1-3-6-16/h1-3,5-6,8-13,17H,4,7,14-15H2,(H,24,28)/t17-/m1/s1. The molecule has 0 aliphatic carbocycles. The fourth-order valence-corrected chi connectivity index (χ4v) is 3.56. The van der Waals surface area contributed by atoms with E-state index in [0.29, 0.717) is 11.6 Å². The average molecular weight is 393 g/mol. The third-order valence-corrected chi connectivity index (χ3v) is 5.20. The highest BCUT2D eigenvalue weighted by molar-refractivity contribution is 6.30. The van der Waals surface area contributed by atoms with Crippen LogP contribution in [0.2, 0.25) is 5.02 Å². The average Bonchev–Trinajstić information content (AvgIpc) is 2.76. The molecule has 28 heavy (non-hydrogen) atoms. The number of carbonyl (C=O) groups excluding carboxylic acids is 1. The van der Waals surface area contributed by atoms with E-state index in [4.69, 9.17) is 11.6 Å². The Morgan fingerprint density at radius 2 is 1.79 bits per heavy atom. The van der Waals surface area contributed by atoms with Gasteiger partial charge < -0.3 is 10.2 Å². The number of aromatic nitrogens is 2. The van der Waals surface area contributed by atoms with Crippen LogP contribution >= 0.6 is 11.6 Å². The van der Waals surface area contributed by atoms with Crippen LogP contribution in [0.15, 0.2) is 66.7 Å². The number of hydrogen-bond donors (Lipinski definition) is 1. The molecule has 1 saturated heterocycles. The van der Waals surface area contributed by atoms with Gasteiger partial charge in [0.2, 0.25) is 5.91 Å². The van der Waals surface area contributed by atoms with Crippen molar-refractivity contribution >= 4 is 29.0 Å². The van der Waals surface area contributed by atoms with Gasteiger partial charge in [-0.3, -0.25) is 4.79 Å². The highest BCUT2D eigenvalue weighted by Crippen LogP contribution is 2.24. The quantitative estimate of drug-likeness (QED) is 0.702. The molecule has 1 amide bonds. The van der Waals surface area contributed by atoms with E-state index in [2.05, 4.69) is 20.4 Å². The van der Waals surface area contributed by atoms with Crippen molar-refractivity contribution in [3.8, 4) is 11.3 Å². The fourth-order valence-electron chi connectivity index (χ4n) is 3.43. The number of piperidine rings is 1. The van der Waals surface area contributed by atoms with E-state index in [0.717, 1.165) is 42.1 Å². The number of benzene rings is 2. The molecule has 2 heterocycles. The highest BCUT2D eigenvalue weighted by Gasteiger charge is 2.26. The summed E-state index contributed by atoms with van der Waals surface area (Å²) in [6, 6.07) is 21.1. The van der Waals surface area contributed by atoms with Crippen LogP contribution in [0.3, 0.4) is 0 Å². The lowest BCUT2D eigenvalue weighted by Gasteiger charge is -2.32. The summed E-state index contributed by atoms with van der Waals surface area (Å²) in [5.74, 6) is 0.754. The van der Waals surface area contributed by atoms with Crippen LogP contribution in [0.1, 0.15) is 12.8 Å². The molecule has 142 valence electrons. The normalized spacial score (nSPS) is 16.6. The van der Waals surface area contributed by atoms with E-state index < -0.39 is 0 Å². The summed E-state index contributed by atoms with van der Waals surface area (Å²) in [7, 11) is 0. The minimum absolute atomic E-state index is 0.0286. The Hall–Kier alpha value is -2.92. The Morgan fingerprint density at radius 1 is 1.00 bits per heavy atom. The van der Waals surface area contributed by atoms with Crippen LogP contribution in [0.4, 0.5) is 11.5 Å². The molecule has 1 atom stereocenters. The number of amides is 1. The van der Waals surface area contributed by atoms with Gasteiger partial charge in [-0.05, 0) is 49.2 Å². The van der Waals surface area contributed by atoms with Crippen LogP contribution < -0.4 is 10.2 Å². The number of carbonyl (C=O) groups is 1. The molecule has 1 aliphatic rings. The van der Waals surface area contributed by atoms with Gasteiger partial charge in [0.15, 0.2) is 5.82 Å². The Balaban J connectivity index is 1.42. The van der Waals surface area contributed by atoms with Crippen LogP contribution in [0.5, 0.6) is 0 Å². The maximum atomic E-state index is 12.7. The second-order valence-corrected chi connectivity index (χ2v) is 7.36. The summed E-state index contributed by atoms with van der Waals surface area (Å²) in [5, 5.41) is 12.4. The van der Waals surface area contributed by atoms with Crippen LogP contribution in [-0.2, 0) is 4.79 Å². The largest absolute Gasteiger partial charge is 0.354 e. The lowest BCUT2D eigenvalue weighted by molar-refractivity contribution is -0.120. The molecule has 1 aromatic heterocycles. The number of anilines is 2. The van der Waals surface area contributed by atoms with Crippen molar-refractivity contribution in [2.24, 2.45) is 5.92 Å². The smallest absolute Gasteiger partial charge is 0.229 e. The van der Waals surface area contributed by atoms with Gasteiger partial charge >= 0.3 is 0 Å². The van der Waals surface area contributed by atoms with E-state index in [1.807, 2.05) is 54.6 Å². The van der Waals surface area contributed by atoms with Gasteiger partial charge in [0, 0.05) is 29.4 Å². The Bertz CT molecular complexity index is 929. The zero-order chi connectivity index (χ0) is 19.3. The van der Waals surface area contributed by atoms with Crippen molar-refractivity contribution in [3.63, 3.8) is 0 Å². The second kappa shape index (κ2) is 8.40. The minimum atomic E-state index is -0.0833. The van der Waals surface area contributed by atoms with E-state index in [1.165, 1.54) is 0 Å². The number of halogens is 1. The van der Waals surface area contributed by atoms with Crippen molar-refractivity contribution in [2.45, 2.75) is 12.8 Å². The minimum Gasteiger partial charge on any atom is -0.354 e. The first-order chi connectivity index (χ1) is 13.7. The first-order valence-electron chi connectivity index (χ1n) is 9.39. The molecule has 2 aromatic carbocycles. The monoisotopic (exact) mass is 392 g/mol. The summed E-state index contributed by atoms with van der Waals surface area (Å²) in [4.78, 5) is 14.8. The van der Waals surface area contributed by atoms with E-state index in [9.17, 15) is 4.79 Å². The Kier molecular flexibility index (Phi) is 5.53. The lowest BCUT2D eigenvalue weighted by atomic mass is 9.97. The van der Waals surface area contributed by atoms with Crippen molar-refractivity contribution < 1.29 is 4.79 Å². The lowest BCUT2D eigenvalue weighted by Crippen LogP contribution is -2.41. The summed E-state index contributed by atoms with van der Waals surface area (Å²) in [6.07, 6.45) is 1.81. The molecular formula is C22H21ClN4O. The third kappa shape index (κ3) is 4.31. The van der Waals surface area contributed by atoms with E-state index in [1.54, 1.807) is 12.1 Å². The first-order valence-corrected chi connectivity index (χ1v) is 9.77. The zero-order valence-corrected chi connectivity index (χ0v) is 16.1. The van der Waals surface area contributed by atoms with Crippen LogP contribution in [-0.4, -0.2) is 29.2 Å². The predicted octanol–water partition coefficient (Wildman–Crippen LogP) is 4.65. The van der Waals surface area contributed by atoms with Gasteiger partial charge in [-0.1, -0.05) is 41.9 Å². The van der Waals surface area contributed by atoms with Gasteiger partial charge in [-0.15, -0.1) is 10.2 Å². The summed E-state index contributed by atoms with van der Waals surface area (Å²) < 4.78 is 0. The molecule has 6 heteroatoms. The summed E-state index contributed by atoms with van der Waals surface area (Å²) in [6.45, 7) is 1.52. The maximum absolute atomic E-state index is 12.7. The molecule has 1 N–H and O–H groups in total.